The Balaban J connectivity index is 1.86. The summed E-state index contributed by atoms with van der Waals surface area (Å²) in [6.45, 7) is 5.88. The fourth-order valence-corrected chi connectivity index (χ4v) is 2.84. The van der Waals surface area contributed by atoms with E-state index in [0.29, 0.717) is 22.5 Å². The number of carbonyl (C=O) groups excluding carboxylic acids is 1. The Morgan fingerprint density at radius 2 is 1.85 bits per heavy atom. The summed E-state index contributed by atoms with van der Waals surface area (Å²) in [5, 5.41) is 0.343. The summed E-state index contributed by atoms with van der Waals surface area (Å²) in [4.78, 5) is 24.6. The molecular formula is C21H19BrO5. The highest BCUT2D eigenvalue weighted by Crippen LogP contribution is 2.29. The maximum Gasteiger partial charge on any atom is 0.311 e. The van der Waals surface area contributed by atoms with Crippen LogP contribution in [-0.2, 0) is 4.79 Å². The molecule has 140 valence electrons. The van der Waals surface area contributed by atoms with Crippen molar-refractivity contribution in [2.24, 2.45) is 5.41 Å². The number of hydrogen-bond acceptors (Lipinski definition) is 5. The van der Waals surface area contributed by atoms with Gasteiger partial charge in [0.15, 0.2) is 0 Å². The fraction of sp³-hybridized carbons (Fsp3) is 0.238. The van der Waals surface area contributed by atoms with E-state index in [4.69, 9.17) is 13.9 Å². The largest absolute Gasteiger partial charge is 0.460 e. The first-order valence-corrected chi connectivity index (χ1v) is 9.21. The highest BCUT2D eigenvalue weighted by atomic mass is 79.9. The van der Waals surface area contributed by atoms with Gasteiger partial charge in [-0.15, -0.1) is 0 Å². The van der Waals surface area contributed by atoms with Crippen molar-refractivity contribution >= 4 is 32.9 Å². The molecule has 0 aliphatic carbocycles. The quantitative estimate of drug-likeness (QED) is 0.392. The highest BCUT2D eigenvalue weighted by molar-refractivity contribution is 9.10. The standard InChI is InChI=1S/C21H19BrO5/c1-21(2,3)11-19(23)26-13-8-9-14-17(10-13)25-12-18(20(14)24)27-16-7-5-4-6-15(16)22/h4-10,12H,11H2,1-3H3. The van der Waals surface area contributed by atoms with Crippen LogP contribution in [0.2, 0.25) is 0 Å². The molecule has 0 N–H and O–H groups in total. The summed E-state index contributed by atoms with van der Waals surface area (Å²) >= 11 is 3.37. The van der Waals surface area contributed by atoms with Crippen molar-refractivity contribution in [2.45, 2.75) is 27.2 Å². The van der Waals surface area contributed by atoms with Gasteiger partial charge in [0.25, 0.3) is 0 Å². The number of ether oxygens (including phenoxy) is 2. The van der Waals surface area contributed by atoms with E-state index in [1.807, 2.05) is 32.9 Å². The second-order valence-corrected chi connectivity index (χ2v) is 8.19. The van der Waals surface area contributed by atoms with E-state index in [9.17, 15) is 9.59 Å². The van der Waals surface area contributed by atoms with Gasteiger partial charge >= 0.3 is 5.97 Å². The van der Waals surface area contributed by atoms with E-state index in [0.717, 1.165) is 4.47 Å². The van der Waals surface area contributed by atoms with E-state index < -0.39 is 0 Å². The van der Waals surface area contributed by atoms with Crippen molar-refractivity contribution in [3.63, 3.8) is 0 Å². The van der Waals surface area contributed by atoms with Crippen molar-refractivity contribution in [2.75, 3.05) is 0 Å². The Kier molecular flexibility index (Phi) is 5.37. The fourth-order valence-electron chi connectivity index (χ4n) is 2.47. The molecule has 0 spiro atoms. The lowest BCUT2D eigenvalue weighted by Gasteiger charge is -2.16. The summed E-state index contributed by atoms with van der Waals surface area (Å²) in [5.41, 5.74) is -0.154. The van der Waals surface area contributed by atoms with Crippen LogP contribution < -0.4 is 14.9 Å². The van der Waals surface area contributed by atoms with Crippen molar-refractivity contribution < 1.29 is 18.7 Å². The number of rotatable bonds is 4. The van der Waals surface area contributed by atoms with Gasteiger partial charge in [-0.1, -0.05) is 32.9 Å². The molecule has 3 rings (SSSR count). The minimum atomic E-state index is -0.335. The third kappa shape index (κ3) is 4.77. The van der Waals surface area contributed by atoms with Crippen molar-refractivity contribution in [3.8, 4) is 17.2 Å². The Morgan fingerprint density at radius 3 is 2.56 bits per heavy atom. The van der Waals surface area contributed by atoms with E-state index >= 15 is 0 Å². The number of para-hydroxylation sites is 1. The second kappa shape index (κ2) is 7.56. The Labute approximate surface area is 165 Å². The predicted molar refractivity (Wildman–Crippen MR) is 106 cm³/mol. The van der Waals surface area contributed by atoms with Gasteiger partial charge in [-0.25, -0.2) is 0 Å². The first-order chi connectivity index (χ1) is 12.7. The topological polar surface area (TPSA) is 65.7 Å². The smallest absolute Gasteiger partial charge is 0.311 e. The summed E-state index contributed by atoms with van der Waals surface area (Å²) < 4.78 is 17.3. The SMILES string of the molecule is CC(C)(C)CC(=O)Oc1ccc2c(=O)c(Oc3ccccc3Br)coc2c1. The van der Waals surface area contributed by atoms with Gasteiger partial charge in [-0.3, -0.25) is 9.59 Å². The summed E-state index contributed by atoms with van der Waals surface area (Å²) in [7, 11) is 0. The summed E-state index contributed by atoms with van der Waals surface area (Å²) in [5.74, 6) is 0.584. The summed E-state index contributed by atoms with van der Waals surface area (Å²) in [6.07, 6.45) is 1.54. The van der Waals surface area contributed by atoms with Gasteiger partial charge in [0, 0.05) is 6.07 Å². The molecule has 6 heteroatoms. The Bertz CT molecular complexity index is 1050. The van der Waals surface area contributed by atoms with Crippen LogP contribution in [0.15, 0.2) is 62.4 Å². The molecule has 0 radical (unpaired) electrons. The molecule has 1 heterocycles. The number of carbonyl (C=O) groups is 1. The highest BCUT2D eigenvalue weighted by Gasteiger charge is 2.18. The van der Waals surface area contributed by atoms with Crippen LogP contribution in [0.1, 0.15) is 27.2 Å². The van der Waals surface area contributed by atoms with Crippen molar-refractivity contribution in [1.29, 1.82) is 0 Å². The predicted octanol–water partition coefficient (Wildman–Crippen LogP) is 5.69. The number of fused-ring (bicyclic) bond motifs is 1. The normalized spacial score (nSPS) is 11.4. The molecule has 0 atom stereocenters. The monoisotopic (exact) mass is 430 g/mol. The number of esters is 1. The van der Waals surface area contributed by atoms with Gasteiger partial charge in [-0.2, -0.15) is 0 Å². The zero-order chi connectivity index (χ0) is 19.6. The Hall–Kier alpha value is -2.60. The Morgan fingerprint density at radius 1 is 1.11 bits per heavy atom. The summed E-state index contributed by atoms with van der Waals surface area (Å²) in [6, 6.07) is 11.9. The molecule has 5 nitrogen and oxygen atoms in total. The van der Waals surface area contributed by atoms with Crippen LogP contribution in [-0.4, -0.2) is 5.97 Å². The minimum Gasteiger partial charge on any atom is -0.460 e. The van der Waals surface area contributed by atoms with Crippen LogP contribution in [0.5, 0.6) is 17.2 Å². The molecule has 0 aliphatic heterocycles. The molecule has 0 bridgehead atoms. The number of halogens is 1. The van der Waals surface area contributed by atoms with Crippen LogP contribution >= 0.6 is 15.9 Å². The maximum atomic E-state index is 12.7. The van der Waals surface area contributed by atoms with E-state index in [1.165, 1.54) is 12.3 Å². The molecule has 1 aromatic heterocycles. The third-order valence-electron chi connectivity index (χ3n) is 3.68. The molecular weight excluding hydrogens is 412 g/mol. The number of hydrogen-bond donors (Lipinski definition) is 0. The molecule has 0 amide bonds. The van der Waals surface area contributed by atoms with E-state index in [2.05, 4.69) is 15.9 Å². The molecule has 0 saturated heterocycles. The van der Waals surface area contributed by atoms with Gasteiger partial charge in [0.2, 0.25) is 11.2 Å². The van der Waals surface area contributed by atoms with Gasteiger partial charge in [0.05, 0.1) is 16.3 Å². The molecule has 0 fully saturated rings. The average molecular weight is 431 g/mol. The van der Waals surface area contributed by atoms with Crippen molar-refractivity contribution in [3.05, 3.63) is 63.4 Å². The second-order valence-electron chi connectivity index (χ2n) is 7.33. The molecule has 0 unspecified atom stereocenters. The first-order valence-electron chi connectivity index (χ1n) is 8.41. The van der Waals surface area contributed by atoms with Crippen LogP contribution in [0.3, 0.4) is 0 Å². The van der Waals surface area contributed by atoms with Crippen LogP contribution in [0, 0.1) is 5.41 Å². The zero-order valence-corrected chi connectivity index (χ0v) is 16.8. The lowest BCUT2D eigenvalue weighted by atomic mass is 9.92. The zero-order valence-electron chi connectivity index (χ0n) is 15.2. The van der Waals surface area contributed by atoms with Crippen LogP contribution in [0.4, 0.5) is 0 Å². The lowest BCUT2D eigenvalue weighted by molar-refractivity contribution is -0.136. The molecule has 0 saturated carbocycles. The van der Waals surface area contributed by atoms with Gasteiger partial charge in [-0.05, 0) is 45.6 Å². The van der Waals surface area contributed by atoms with Gasteiger partial charge in [0.1, 0.15) is 23.3 Å². The molecule has 0 aliphatic rings. The lowest BCUT2D eigenvalue weighted by Crippen LogP contribution is -2.17. The number of benzene rings is 2. The molecule has 27 heavy (non-hydrogen) atoms. The molecule has 3 aromatic rings. The minimum absolute atomic E-state index is 0.0758. The van der Waals surface area contributed by atoms with E-state index in [-0.39, 0.29) is 29.0 Å². The molecule has 2 aromatic carbocycles. The third-order valence-corrected chi connectivity index (χ3v) is 4.33. The first kappa shape index (κ1) is 19.2. The maximum absolute atomic E-state index is 12.7. The van der Waals surface area contributed by atoms with E-state index in [1.54, 1.807) is 24.3 Å². The van der Waals surface area contributed by atoms with Crippen LogP contribution in [0.25, 0.3) is 11.0 Å². The van der Waals surface area contributed by atoms with Crippen molar-refractivity contribution in [1.82, 2.24) is 0 Å². The van der Waals surface area contributed by atoms with Gasteiger partial charge < -0.3 is 13.9 Å². The average Bonchev–Trinajstić information content (AvgIpc) is 2.57.